The lowest BCUT2D eigenvalue weighted by Gasteiger charge is -2.32. The molecule has 5 nitrogen and oxygen atoms in total. The number of aryl methyl sites for hydroxylation is 2. The molecule has 3 rings (SSSR count). The van der Waals surface area contributed by atoms with Gasteiger partial charge in [0, 0.05) is 24.9 Å². The Labute approximate surface area is 166 Å². The fourth-order valence-corrected chi connectivity index (χ4v) is 4.34. The van der Waals surface area contributed by atoms with E-state index >= 15 is 0 Å². The maximum atomic E-state index is 12.9. The summed E-state index contributed by atoms with van der Waals surface area (Å²) >= 11 is 0. The van der Waals surface area contributed by atoms with Gasteiger partial charge in [-0.25, -0.2) is 8.42 Å². The Hall–Kier alpha value is -2.34. The number of nitrogens with zero attached hydrogens (tertiary/aromatic N) is 1. The Morgan fingerprint density at radius 2 is 1.75 bits per heavy atom. The molecule has 2 aromatic rings. The number of hydrogen-bond donors (Lipinski definition) is 1. The van der Waals surface area contributed by atoms with Crippen molar-refractivity contribution in [3.8, 4) is 5.75 Å². The van der Waals surface area contributed by atoms with E-state index in [1.54, 1.807) is 24.3 Å². The Morgan fingerprint density at radius 1 is 1.11 bits per heavy atom. The Balaban J connectivity index is 1.59. The predicted molar refractivity (Wildman–Crippen MR) is 109 cm³/mol. The normalized spacial score (nSPS) is 15.6. The quantitative estimate of drug-likeness (QED) is 0.831. The highest BCUT2D eigenvalue weighted by Crippen LogP contribution is 2.25. The molecule has 1 N–H and O–H groups in total. The first-order valence-electron chi connectivity index (χ1n) is 9.62. The summed E-state index contributed by atoms with van der Waals surface area (Å²) in [6.07, 6.45) is 5.10. The van der Waals surface area contributed by atoms with Crippen molar-refractivity contribution >= 4 is 15.7 Å². The zero-order valence-electron chi connectivity index (χ0n) is 16.4. The van der Waals surface area contributed by atoms with Crippen LogP contribution in [0, 0.1) is 12.8 Å². The largest absolute Gasteiger partial charge is 0.508 e. The average Bonchev–Trinajstić information content (AvgIpc) is 2.67. The minimum absolute atomic E-state index is 0.0833. The van der Waals surface area contributed by atoms with Gasteiger partial charge in [-0.05, 0) is 73.9 Å². The van der Waals surface area contributed by atoms with Gasteiger partial charge in [0.15, 0.2) is 9.84 Å². The van der Waals surface area contributed by atoms with Crippen LogP contribution < -0.4 is 0 Å². The van der Waals surface area contributed by atoms with Gasteiger partial charge in [-0.2, -0.15) is 0 Å². The molecule has 0 atom stereocenters. The van der Waals surface area contributed by atoms with Crippen molar-refractivity contribution in [1.82, 2.24) is 4.90 Å². The van der Waals surface area contributed by atoms with Crippen LogP contribution in [0.5, 0.6) is 5.75 Å². The number of piperidine rings is 1. The first-order valence-corrected chi connectivity index (χ1v) is 11.5. The number of benzene rings is 2. The second-order valence-electron chi connectivity index (χ2n) is 7.69. The summed E-state index contributed by atoms with van der Waals surface area (Å²) in [5, 5.41) is 9.36. The topological polar surface area (TPSA) is 74.7 Å². The van der Waals surface area contributed by atoms with Gasteiger partial charge in [0.2, 0.25) is 0 Å². The first kappa shape index (κ1) is 20.4. The van der Waals surface area contributed by atoms with Crippen LogP contribution in [-0.4, -0.2) is 43.7 Å². The van der Waals surface area contributed by atoms with Crippen LogP contribution in [0.1, 0.15) is 40.7 Å². The van der Waals surface area contributed by atoms with Crippen molar-refractivity contribution in [3.63, 3.8) is 0 Å². The van der Waals surface area contributed by atoms with Crippen molar-refractivity contribution in [2.24, 2.45) is 5.92 Å². The van der Waals surface area contributed by atoms with Gasteiger partial charge in [-0.15, -0.1) is 0 Å². The molecule has 1 aliphatic heterocycles. The van der Waals surface area contributed by atoms with E-state index in [-0.39, 0.29) is 16.6 Å². The molecule has 0 spiro atoms. The molecule has 28 heavy (non-hydrogen) atoms. The average molecular weight is 402 g/mol. The Morgan fingerprint density at radius 3 is 2.36 bits per heavy atom. The van der Waals surface area contributed by atoms with E-state index in [9.17, 15) is 18.3 Å². The van der Waals surface area contributed by atoms with Crippen LogP contribution in [0.4, 0.5) is 0 Å². The van der Waals surface area contributed by atoms with E-state index in [0.29, 0.717) is 24.6 Å². The molecule has 150 valence electrons. The smallest absolute Gasteiger partial charge is 0.254 e. The van der Waals surface area contributed by atoms with Gasteiger partial charge in [0.05, 0.1) is 4.90 Å². The van der Waals surface area contributed by atoms with Crippen molar-refractivity contribution in [3.05, 3.63) is 59.2 Å². The maximum absolute atomic E-state index is 12.9. The lowest BCUT2D eigenvalue weighted by Crippen LogP contribution is -2.39. The third-order valence-electron chi connectivity index (χ3n) is 5.55. The maximum Gasteiger partial charge on any atom is 0.254 e. The van der Waals surface area contributed by atoms with Crippen LogP contribution in [0.3, 0.4) is 0 Å². The zero-order valence-corrected chi connectivity index (χ0v) is 17.2. The molecule has 0 bridgehead atoms. The fourth-order valence-electron chi connectivity index (χ4n) is 3.69. The Bertz CT molecular complexity index is 943. The molecule has 1 amide bonds. The number of likely N-dealkylation sites (tertiary alicyclic amines) is 1. The third kappa shape index (κ3) is 4.93. The van der Waals surface area contributed by atoms with Gasteiger partial charge in [0.25, 0.3) is 5.91 Å². The molecular formula is C22H27NO4S. The summed E-state index contributed by atoms with van der Waals surface area (Å²) in [7, 11) is -3.34. The summed E-state index contributed by atoms with van der Waals surface area (Å²) < 4.78 is 23.6. The molecule has 1 heterocycles. The molecule has 2 aromatic carbocycles. The summed E-state index contributed by atoms with van der Waals surface area (Å²) in [5.74, 6) is 0.770. The van der Waals surface area contributed by atoms with E-state index in [4.69, 9.17) is 0 Å². The van der Waals surface area contributed by atoms with Crippen LogP contribution in [0.15, 0.2) is 47.4 Å². The SMILES string of the molecule is Cc1ccc(S(C)(=O)=O)cc1C(=O)N1CCC(CCc2ccc(O)cc2)CC1. The zero-order chi connectivity index (χ0) is 20.3. The number of carbonyl (C=O) groups excluding carboxylic acids is 1. The summed E-state index contributed by atoms with van der Waals surface area (Å²) in [5.41, 5.74) is 2.49. The number of hydrogen-bond acceptors (Lipinski definition) is 4. The van der Waals surface area contributed by atoms with Crippen LogP contribution in [-0.2, 0) is 16.3 Å². The van der Waals surface area contributed by atoms with E-state index in [0.717, 1.165) is 37.5 Å². The van der Waals surface area contributed by atoms with Crippen LogP contribution in [0.2, 0.25) is 0 Å². The highest BCUT2D eigenvalue weighted by Gasteiger charge is 2.25. The highest BCUT2D eigenvalue weighted by molar-refractivity contribution is 7.90. The number of amides is 1. The lowest BCUT2D eigenvalue weighted by molar-refractivity contribution is 0.0686. The molecule has 6 heteroatoms. The molecule has 0 aromatic heterocycles. The van der Waals surface area contributed by atoms with Gasteiger partial charge in [-0.3, -0.25) is 4.79 Å². The second-order valence-corrected chi connectivity index (χ2v) is 9.71. The Kier molecular flexibility index (Phi) is 6.08. The van der Waals surface area contributed by atoms with Crippen LogP contribution >= 0.6 is 0 Å². The standard InChI is InChI=1S/C22H27NO4S/c1-16-3-10-20(28(2,26)27)15-21(16)22(25)23-13-11-18(12-14-23)5-4-17-6-8-19(24)9-7-17/h3,6-10,15,18,24H,4-5,11-14H2,1-2H3. The third-order valence-corrected chi connectivity index (χ3v) is 6.66. The fraction of sp³-hybridized carbons (Fsp3) is 0.409. The molecule has 1 saturated heterocycles. The van der Waals surface area contributed by atoms with Gasteiger partial charge in [-0.1, -0.05) is 18.2 Å². The molecule has 1 aliphatic rings. The first-order chi connectivity index (χ1) is 13.2. The number of phenolic OH excluding ortho intramolecular Hbond substituents is 1. The van der Waals surface area contributed by atoms with E-state index in [1.807, 2.05) is 24.0 Å². The number of sulfone groups is 1. The van der Waals surface area contributed by atoms with E-state index < -0.39 is 9.84 Å². The van der Waals surface area contributed by atoms with E-state index in [2.05, 4.69) is 0 Å². The molecule has 0 unspecified atom stereocenters. The second kappa shape index (κ2) is 8.35. The van der Waals surface area contributed by atoms with Gasteiger partial charge in [0.1, 0.15) is 5.75 Å². The number of carbonyl (C=O) groups is 1. The summed E-state index contributed by atoms with van der Waals surface area (Å²) in [6.45, 7) is 3.23. The predicted octanol–water partition coefficient (Wildman–Crippen LogP) is 3.59. The molecular weight excluding hydrogens is 374 g/mol. The molecule has 1 fully saturated rings. The molecule has 0 saturated carbocycles. The lowest BCUT2D eigenvalue weighted by atomic mass is 9.90. The van der Waals surface area contributed by atoms with Crippen molar-refractivity contribution in [2.45, 2.75) is 37.5 Å². The molecule has 0 aliphatic carbocycles. The van der Waals surface area contributed by atoms with Gasteiger partial charge < -0.3 is 10.0 Å². The molecule has 0 radical (unpaired) electrons. The van der Waals surface area contributed by atoms with Crippen molar-refractivity contribution < 1.29 is 18.3 Å². The van der Waals surface area contributed by atoms with E-state index in [1.165, 1.54) is 11.6 Å². The van der Waals surface area contributed by atoms with Crippen LogP contribution in [0.25, 0.3) is 0 Å². The highest BCUT2D eigenvalue weighted by atomic mass is 32.2. The number of aromatic hydroxyl groups is 1. The number of phenols is 1. The van der Waals surface area contributed by atoms with Gasteiger partial charge >= 0.3 is 0 Å². The summed E-state index contributed by atoms with van der Waals surface area (Å²) in [4.78, 5) is 14.9. The monoisotopic (exact) mass is 401 g/mol. The van der Waals surface area contributed by atoms with Crippen molar-refractivity contribution in [1.29, 1.82) is 0 Å². The number of rotatable bonds is 5. The van der Waals surface area contributed by atoms with Crippen molar-refractivity contribution in [2.75, 3.05) is 19.3 Å². The summed E-state index contributed by atoms with van der Waals surface area (Å²) in [6, 6.07) is 12.1. The minimum Gasteiger partial charge on any atom is -0.508 e. The minimum atomic E-state index is -3.34.